The lowest BCUT2D eigenvalue weighted by Crippen LogP contribution is -2.54. The van der Waals surface area contributed by atoms with Gasteiger partial charge in [0.1, 0.15) is 5.57 Å². The highest BCUT2D eigenvalue weighted by atomic mass is 32.1. The molecule has 0 unspecified atom stereocenters. The first-order valence-corrected chi connectivity index (χ1v) is 10.0. The van der Waals surface area contributed by atoms with Crippen LogP contribution in [0.3, 0.4) is 0 Å². The molecule has 0 radical (unpaired) electrons. The number of thiocarbonyl (C=S) groups is 1. The summed E-state index contributed by atoms with van der Waals surface area (Å²) < 4.78 is 2.14. The molecule has 1 saturated carbocycles. The van der Waals surface area contributed by atoms with Crippen molar-refractivity contribution in [2.75, 3.05) is 0 Å². The van der Waals surface area contributed by atoms with Crippen LogP contribution in [0.2, 0.25) is 0 Å². The zero-order chi connectivity index (χ0) is 20.0. The smallest absolute Gasteiger partial charge is 0.265 e. The molecule has 5 rings (SSSR count). The predicted molar refractivity (Wildman–Crippen MR) is 116 cm³/mol. The Bertz CT molecular complexity index is 1180. The number of amides is 2. The maximum atomic E-state index is 13.0. The molecule has 3 aromatic rings. The number of rotatable bonds is 4. The first kappa shape index (κ1) is 17.8. The third kappa shape index (κ3) is 3.25. The number of para-hydroxylation sites is 1. The van der Waals surface area contributed by atoms with Crippen molar-refractivity contribution < 1.29 is 9.59 Å². The van der Waals surface area contributed by atoms with Crippen LogP contribution < -0.4 is 5.32 Å². The second kappa shape index (κ2) is 6.97. The second-order valence-electron chi connectivity index (χ2n) is 7.44. The molecule has 1 N–H and O–H groups in total. The molecule has 2 amide bonds. The van der Waals surface area contributed by atoms with Gasteiger partial charge in [-0.05, 0) is 42.8 Å². The Morgan fingerprint density at radius 3 is 2.52 bits per heavy atom. The number of nitrogens with zero attached hydrogens (tertiary/aromatic N) is 2. The van der Waals surface area contributed by atoms with Gasteiger partial charge in [0, 0.05) is 35.2 Å². The minimum Gasteiger partial charge on any atom is -0.342 e. The monoisotopic (exact) mass is 401 g/mol. The van der Waals surface area contributed by atoms with Gasteiger partial charge in [0.05, 0.1) is 0 Å². The number of carbonyl (C=O) groups is 2. The van der Waals surface area contributed by atoms with Crippen LogP contribution in [0.4, 0.5) is 0 Å². The van der Waals surface area contributed by atoms with Crippen LogP contribution in [0.25, 0.3) is 17.0 Å². The zero-order valence-corrected chi connectivity index (χ0v) is 16.5. The van der Waals surface area contributed by atoms with Crippen LogP contribution in [0.1, 0.15) is 24.0 Å². The molecule has 1 aliphatic heterocycles. The van der Waals surface area contributed by atoms with E-state index < -0.39 is 5.91 Å². The topological polar surface area (TPSA) is 54.3 Å². The van der Waals surface area contributed by atoms with E-state index in [9.17, 15) is 9.59 Å². The second-order valence-corrected chi connectivity index (χ2v) is 7.83. The fourth-order valence-corrected chi connectivity index (χ4v) is 4.12. The number of fused-ring (bicyclic) bond motifs is 1. The molecule has 2 aromatic carbocycles. The van der Waals surface area contributed by atoms with Gasteiger partial charge in [-0.3, -0.25) is 19.8 Å². The third-order valence-corrected chi connectivity index (χ3v) is 5.66. The molecule has 144 valence electrons. The van der Waals surface area contributed by atoms with E-state index in [1.807, 2.05) is 42.6 Å². The first-order valence-electron chi connectivity index (χ1n) is 9.64. The Morgan fingerprint density at radius 1 is 1.03 bits per heavy atom. The van der Waals surface area contributed by atoms with Crippen LogP contribution in [-0.2, 0) is 16.1 Å². The average Bonchev–Trinajstić information content (AvgIpc) is 3.49. The van der Waals surface area contributed by atoms with Crippen molar-refractivity contribution in [3.63, 3.8) is 0 Å². The minimum absolute atomic E-state index is 0.110. The lowest BCUT2D eigenvalue weighted by Gasteiger charge is -2.28. The van der Waals surface area contributed by atoms with E-state index in [1.54, 1.807) is 11.0 Å². The number of hydrogen-bond donors (Lipinski definition) is 1. The Kier molecular flexibility index (Phi) is 4.28. The highest BCUT2D eigenvalue weighted by Crippen LogP contribution is 2.31. The normalized spacial score (nSPS) is 18.6. The molecule has 1 aliphatic carbocycles. The van der Waals surface area contributed by atoms with Gasteiger partial charge in [-0.1, -0.05) is 48.5 Å². The SMILES string of the molecule is O=C1NC(=S)N(C2CC2)C(=O)C1=Cc1cn(Cc2ccccc2)c2ccccc12. The van der Waals surface area contributed by atoms with E-state index in [1.165, 1.54) is 5.56 Å². The molecule has 0 atom stereocenters. The maximum Gasteiger partial charge on any atom is 0.265 e. The number of benzene rings is 2. The zero-order valence-electron chi connectivity index (χ0n) is 15.7. The highest BCUT2D eigenvalue weighted by molar-refractivity contribution is 7.80. The minimum atomic E-state index is -0.434. The van der Waals surface area contributed by atoms with Crippen molar-refractivity contribution in [1.29, 1.82) is 0 Å². The number of hydrogen-bond acceptors (Lipinski definition) is 3. The molecular formula is C23H19N3O2S. The summed E-state index contributed by atoms with van der Waals surface area (Å²) in [6.07, 6.45) is 5.54. The Hall–Kier alpha value is -3.25. The summed E-state index contributed by atoms with van der Waals surface area (Å²) >= 11 is 5.21. The van der Waals surface area contributed by atoms with Crippen molar-refractivity contribution in [2.24, 2.45) is 0 Å². The molecule has 2 aliphatic rings. The summed E-state index contributed by atoms with van der Waals surface area (Å²) in [5, 5.41) is 3.89. The van der Waals surface area contributed by atoms with E-state index in [-0.39, 0.29) is 22.6 Å². The van der Waals surface area contributed by atoms with E-state index in [4.69, 9.17) is 12.2 Å². The molecule has 1 saturated heterocycles. The maximum absolute atomic E-state index is 13.0. The summed E-state index contributed by atoms with van der Waals surface area (Å²) in [4.78, 5) is 27.0. The summed E-state index contributed by atoms with van der Waals surface area (Å²) in [5.74, 6) is -0.738. The van der Waals surface area contributed by atoms with Crippen molar-refractivity contribution in [3.05, 3.63) is 77.5 Å². The van der Waals surface area contributed by atoms with Gasteiger partial charge in [0.15, 0.2) is 5.11 Å². The highest BCUT2D eigenvalue weighted by Gasteiger charge is 2.42. The van der Waals surface area contributed by atoms with Gasteiger partial charge in [0.2, 0.25) is 0 Å². The molecular weight excluding hydrogens is 382 g/mol. The molecule has 0 spiro atoms. The Balaban J connectivity index is 1.57. The third-order valence-electron chi connectivity index (χ3n) is 5.36. The lowest BCUT2D eigenvalue weighted by atomic mass is 10.1. The van der Waals surface area contributed by atoms with Gasteiger partial charge in [-0.25, -0.2) is 0 Å². The van der Waals surface area contributed by atoms with Crippen LogP contribution >= 0.6 is 12.2 Å². The van der Waals surface area contributed by atoms with Gasteiger partial charge in [-0.2, -0.15) is 0 Å². The van der Waals surface area contributed by atoms with Gasteiger partial charge in [0.25, 0.3) is 11.8 Å². The van der Waals surface area contributed by atoms with E-state index in [2.05, 4.69) is 28.1 Å². The van der Waals surface area contributed by atoms with E-state index in [0.717, 1.165) is 29.3 Å². The van der Waals surface area contributed by atoms with Gasteiger partial charge >= 0.3 is 0 Å². The van der Waals surface area contributed by atoms with Crippen molar-refractivity contribution in [2.45, 2.75) is 25.4 Å². The Morgan fingerprint density at radius 2 is 1.76 bits per heavy atom. The van der Waals surface area contributed by atoms with E-state index >= 15 is 0 Å². The standard InChI is InChI=1S/C23H19N3O2S/c27-21-19(22(28)26(17-10-11-17)23(29)24-21)12-16-14-25(13-15-6-2-1-3-7-15)20-9-5-4-8-18(16)20/h1-9,12,14,17H,10-11,13H2,(H,24,27,29). The largest absolute Gasteiger partial charge is 0.342 e. The van der Waals surface area contributed by atoms with Crippen molar-refractivity contribution in [1.82, 2.24) is 14.8 Å². The lowest BCUT2D eigenvalue weighted by molar-refractivity contribution is -0.129. The molecule has 5 nitrogen and oxygen atoms in total. The van der Waals surface area contributed by atoms with Gasteiger partial charge < -0.3 is 4.57 Å². The molecule has 2 fully saturated rings. The molecule has 0 bridgehead atoms. The number of carbonyl (C=O) groups excluding carboxylic acids is 2. The van der Waals surface area contributed by atoms with Crippen LogP contribution in [0, 0.1) is 0 Å². The van der Waals surface area contributed by atoms with Crippen LogP contribution in [0.5, 0.6) is 0 Å². The quantitative estimate of drug-likeness (QED) is 0.414. The fourth-order valence-electron chi connectivity index (χ4n) is 3.79. The number of aromatic nitrogens is 1. The average molecular weight is 401 g/mol. The number of nitrogens with one attached hydrogen (secondary N) is 1. The summed E-state index contributed by atoms with van der Waals surface area (Å²) in [6.45, 7) is 0.711. The predicted octanol–water partition coefficient (Wildman–Crippen LogP) is 3.48. The molecule has 6 heteroatoms. The summed E-state index contributed by atoms with van der Waals surface area (Å²) in [6, 6.07) is 18.3. The van der Waals surface area contributed by atoms with E-state index in [0.29, 0.717) is 6.54 Å². The van der Waals surface area contributed by atoms with Crippen molar-refractivity contribution in [3.8, 4) is 0 Å². The van der Waals surface area contributed by atoms with Crippen molar-refractivity contribution >= 4 is 46.1 Å². The van der Waals surface area contributed by atoms with Crippen LogP contribution in [-0.4, -0.2) is 32.4 Å². The summed E-state index contributed by atoms with van der Waals surface area (Å²) in [7, 11) is 0. The van der Waals surface area contributed by atoms with Crippen LogP contribution in [0.15, 0.2) is 66.4 Å². The molecule has 29 heavy (non-hydrogen) atoms. The van der Waals surface area contributed by atoms with Gasteiger partial charge in [-0.15, -0.1) is 0 Å². The Labute approximate surface area is 173 Å². The first-order chi connectivity index (χ1) is 14.1. The molecule has 1 aromatic heterocycles. The summed E-state index contributed by atoms with van der Waals surface area (Å²) in [5.41, 5.74) is 3.22. The fraction of sp³-hybridized carbons (Fsp3) is 0.174. The molecule has 2 heterocycles.